The van der Waals surface area contributed by atoms with Crippen molar-refractivity contribution in [1.29, 1.82) is 0 Å². The topological polar surface area (TPSA) is 71.1 Å². The molecule has 2 N–H and O–H groups in total. The summed E-state index contributed by atoms with van der Waals surface area (Å²) in [5, 5.41) is 6.06. The van der Waals surface area contributed by atoms with Crippen molar-refractivity contribution in [3.05, 3.63) is 88.7 Å². The van der Waals surface area contributed by atoms with Crippen molar-refractivity contribution in [3.63, 3.8) is 0 Å². The van der Waals surface area contributed by atoms with Crippen molar-refractivity contribution in [3.8, 4) is 0 Å². The molecule has 1 aromatic heterocycles. The number of aryl methyl sites for hydroxylation is 1. The number of benzene rings is 2. The van der Waals surface area contributed by atoms with E-state index in [4.69, 9.17) is 11.6 Å². The zero-order valence-corrected chi connectivity index (χ0v) is 14.7. The van der Waals surface area contributed by atoms with E-state index >= 15 is 0 Å². The molecule has 0 bridgehead atoms. The highest BCUT2D eigenvalue weighted by Crippen LogP contribution is 2.17. The number of hydrogen-bond acceptors (Lipinski definition) is 3. The van der Waals surface area contributed by atoms with Gasteiger partial charge in [0.05, 0.1) is 0 Å². The second kappa shape index (κ2) is 7.80. The molecule has 2 aromatic carbocycles. The summed E-state index contributed by atoms with van der Waals surface area (Å²) in [5.74, 6) is -0.726. The molecule has 5 nitrogen and oxygen atoms in total. The Morgan fingerprint density at radius 2 is 1.73 bits per heavy atom. The number of nitrogens with one attached hydrogen (secondary N) is 2. The molecule has 6 heteroatoms. The monoisotopic (exact) mass is 365 g/mol. The van der Waals surface area contributed by atoms with Crippen LogP contribution in [0.3, 0.4) is 0 Å². The second-order valence-electron chi connectivity index (χ2n) is 5.66. The Balaban J connectivity index is 1.76. The van der Waals surface area contributed by atoms with Crippen molar-refractivity contribution in [1.82, 2.24) is 4.98 Å². The van der Waals surface area contributed by atoms with E-state index in [0.717, 1.165) is 5.56 Å². The van der Waals surface area contributed by atoms with Crippen LogP contribution in [0.5, 0.6) is 0 Å². The van der Waals surface area contributed by atoms with Gasteiger partial charge in [-0.1, -0.05) is 35.9 Å². The smallest absolute Gasteiger partial charge is 0.274 e. The van der Waals surface area contributed by atoms with Gasteiger partial charge in [-0.05, 0) is 48.9 Å². The molecule has 3 aromatic rings. The van der Waals surface area contributed by atoms with Gasteiger partial charge < -0.3 is 10.6 Å². The number of hydrogen-bond donors (Lipinski definition) is 2. The first kappa shape index (κ1) is 17.6. The zero-order valence-electron chi connectivity index (χ0n) is 14.0. The number of amides is 2. The van der Waals surface area contributed by atoms with Crippen LogP contribution in [-0.4, -0.2) is 16.8 Å². The normalized spacial score (nSPS) is 10.2. The van der Waals surface area contributed by atoms with Gasteiger partial charge in [0, 0.05) is 28.2 Å². The summed E-state index contributed by atoms with van der Waals surface area (Å²) in [6, 6.07) is 17.3. The quantitative estimate of drug-likeness (QED) is 0.712. The summed E-state index contributed by atoms with van der Waals surface area (Å²) in [6.45, 7) is 1.90. The molecule has 0 saturated carbocycles. The molecule has 3 rings (SSSR count). The Hall–Kier alpha value is -3.18. The van der Waals surface area contributed by atoms with Gasteiger partial charge in [0.1, 0.15) is 5.69 Å². The van der Waals surface area contributed by atoms with Crippen LogP contribution in [-0.2, 0) is 0 Å². The van der Waals surface area contributed by atoms with Gasteiger partial charge in [-0.2, -0.15) is 0 Å². The summed E-state index contributed by atoms with van der Waals surface area (Å²) in [5.41, 5.74) is 2.70. The Morgan fingerprint density at radius 1 is 0.923 bits per heavy atom. The lowest BCUT2D eigenvalue weighted by atomic mass is 10.1. The SMILES string of the molecule is Cc1ccccc1NC(=O)c1cc(C(=O)Nc2cccc(Cl)c2)ccn1. The van der Waals surface area contributed by atoms with Gasteiger partial charge in [0.15, 0.2) is 0 Å². The fourth-order valence-corrected chi connectivity index (χ4v) is 2.56. The van der Waals surface area contributed by atoms with Crippen LogP contribution in [0.2, 0.25) is 5.02 Å². The van der Waals surface area contributed by atoms with Crippen molar-refractivity contribution in [2.24, 2.45) is 0 Å². The third kappa shape index (κ3) is 4.26. The molecule has 0 unspecified atom stereocenters. The van der Waals surface area contributed by atoms with E-state index in [0.29, 0.717) is 22.0 Å². The number of para-hydroxylation sites is 1. The lowest BCUT2D eigenvalue weighted by molar-refractivity contribution is 0.102. The lowest BCUT2D eigenvalue weighted by Crippen LogP contribution is -2.17. The Bertz CT molecular complexity index is 973. The number of pyridine rings is 1. The molecule has 0 spiro atoms. The standard InChI is InChI=1S/C20H16ClN3O2/c1-13-5-2-3-8-17(13)24-20(26)18-11-14(9-10-22-18)19(25)23-16-7-4-6-15(21)12-16/h2-12H,1H3,(H,23,25)(H,24,26). The summed E-state index contributed by atoms with van der Waals surface area (Å²) < 4.78 is 0. The van der Waals surface area contributed by atoms with E-state index in [2.05, 4.69) is 15.6 Å². The van der Waals surface area contributed by atoms with E-state index < -0.39 is 0 Å². The minimum absolute atomic E-state index is 0.159. The van der Waals surface area contributed by atoms with Crippen LogP contribution in [0.4, 0.5) is 11.4 Å². The number of rotatable bonds is 4. The molecule has 130 valence electrons. The third-order valence-corrected chi connectivity index (χ3v) is 3.97. The fraction of sp³-hybridized carbons (Fsp3) is 0.0500. The Kier molecular flexibility index (Phi) is 5.29. The van der Waals surface area contributed by atoms with E-state index in [9.17, 15) is 9.59 Å². The zero-order chi connectivity index (χ0) is 18.5. The fourth-order valence-electron chi connectivity index (χ4n) is 2.36. The third-order valence-electron chi connectivity index (χ3n) is 3.73. The highest BCUT2D eigenvalue weighted by Gasteiger charge is 2.13. The maximum absolute atomic E-state index is 12.4. The van der Waals surface area contributed by atoms with Gasteiger partial charge in [-0.3, -0.25) is 14.6 Å². The van der Waals surface area contributed by atoms with E-state index in [1.165, 1.54) is 12.3 Å². The predicted octanol–water partition coefficient (Wildman–Crippen LogP) is 4.55. The largest absolute Gasteiger partial charge is 0.322 e. The van der Waals surface area contributed by atoms with E-state index in [1.54, 1.807) is 30.3 Å². The van der Waals surface area contributed by atoms with Crippen molar-refractivity contribution >= 4 is 34.8 Å². The van der Waals surface area contributed by atoms with Crippen LogP contribution in [0.25, 0.3) is 0 Å². The highest BCUT2D eigenvalue weighted by atomic mass is 35.5. The molecule has 1 heterocycles. The number of aromatic nitrogens is 1. The summed E-state index contributed by atoms with van der Waals surface area (Å²) >= 11 is 5.92. The molecule has 0 aliphatic rings. The van der Waals surface area contributed by atoms with Crippen LogP contribution in [0.15, 0.2) is 66.9 Å². The molecule has 26 heavy (non-hydrogen) atoms. The van der Waals surface area contributed by atoms with Crippen molar-refractivity contribution < 1.29 is 9.59 Å². The van der Waals surface area contributed by atoms with Gasteiger partial charge in [0.25, 0.3) is 11.8 Å². The highest BCUT2D eigenvalue weighted by molar-refractivity contribution is 6.31. The Morgan fingerprint density at radius 3 is 2.50 bits per heavy atom. The second-order valence-corrected chi connectivity index (χ2v) is 6.10. The van der Waals surface area contributed by atoms with Gasteiger partial charge in [-0.25, -0.2) is 0 Å². The summed E-state index contributed by atoms with van der Waals surface area (Å²) in [7, 11) is 0. The first-order chi connectivity index (χ1) is 12.5. The minimum Gasteiger partial charge on any atom is -0.322 e. The first-order valence-electron chi connectivity index (χ1n) is 7.93. The van der Waals surface area contributed by atoms with Gasteiger partial charge in [-0.15, -0.1) is 0 Å². The molecule has 0 atom stereocenters. The number of anilines is 2. The number of carbonyl (C=O) groups excluding carboxylic acids is 2. The van der Waals surface area contributed by atoms with Gasteiger partial charge in [0.2, 0.25) is 0 Å². The molecule has 0 saturated heterocycles. The van der Waals surface area contributed by atoms with Crippen LogP contribution in [0, 0.1) is 6.92 Å². The molecular formula is C20H16ClN3O2. The molecule has 0 fully saturated rings. The summed E-state index contributed by atoms with van der Waals surface area (Å²) in [4.78, 5) is 28.9. The van der Waals surface area contributed by atoms with Crippen LogP contribution >= 0.6 is 11.6 Å². The lowest BCUT2D eigenvalue weighted by Gasteiger charge is -2.09. The first-order valence-corrected chi connectivity index (χ1v) is 8.31. The predicted molar refractivity (Wildman–Crippen MR) is 103 cm³/mol. The van der Waals surface area contributed by atoms with Crippen LogP contribution in [0.1, 0.15) is 26.4 Å². The average molecular weight is 366 g/mol. The number of nitrogens with zero attached hydrogens (tertiary/aromatic N) is 1. The molecule has 2 amide bonds. The molecular weight excluding hydrogens is 350 g/mol. The van der Waals surface area contributed by atoms with Crippen molar-refractivity contribution in [2.75, 3.05) is 10.6 Å². The van der Waals surface area contributed by atoms with Crippen molar-refractivity contribution in [2.45, 2.75) is 6.92 Å². The van der Waals surface area contributed by atoms with Crippen LogP contribution < -0.4 is 10.6 Å². The number of carbonyl (C=O) groups is 2. The molecule has 0 aliphatic carbocycles. The Labute approximate surface area is 156 Å². The van der Waals surface area contributed by atoms with E-state index in [1.807, 2.05) is 31.2 Å². The van der Waals surface area contributed by atoms with Gasteiger partial charge >= 0.3 is 0 Å². The molecule has 0 aliphatic heterocycles. The maximum Gasteiger partial charge on any atom is 0.274 e. The number of halogens is 1. The average Bonchev–Trinajstić information content (AvgIpc) is 2.63. The molecule has 0 radical (unpaired) electrons. The summed E-state index contributed by atoms with van der Waals surface area (Å²) in [6.07, 6.45) is 1.43. The maximum atomic E-state index is 12.4. The minimum atomic E-state index is -0.378. The van der Waals surface area contributed by atoms with E-state index in [-0.39, 0.29) is 17.5 Å².